The topological polar surface area (TPSA) is 69.2 Å². The van der Waals surface area contributed by atoms with E-state index in [0.717, 1.165) is 36.3 Å². The van der Waals surface area contributed by atoms with E-state index in [0.29, 0.717) is 28.8 Å². The third-order valence-corrected chi connectivity index (χ3v) is 7.60. The summed E-state index contributed by atoms with van der Waals surface area (Å²) in [6, 6.07) is 5.38. The van der Waals surface area contributed by atoms with Gasteiger partial charge in [-0.15, -0.1) is 0 Å². The van der Waals surface area contributed by atoms with E-state index in [1.807, 2.05) is 6.07 Å². The molecule has 2 saturated heterocycles. The number of anilines is 1. The normalized spacial score (nSPS) is 30.5. The lowest BCUT2D eigenvalue weighted by atomic mass is 10.1. The summed E-state index contributed by atoms with van der Waals surface area (Å²) >= 11 is 6.22. The Morgan fingerprint density at radius 3 is 2.46 bits per heavy atom. The van der Waals surface area contributed by atoms with Crippen LogP contribution in [0, 0.1) is 11.8 Å². The smallest absolute Gasteiger partial charge is 0.142 e. The number of ether oxygens (including phenoxy) is 1. The summed E-state index contributed by atoms with van der Waals surface area (Å²) in [4.78, 5) is 6.87. The fraction of sp³-hybridized carbons (Fsp3) is 0.619. The lowest BCUT2D eigenvalue weighted by molar-refractivity contribution is -0.0610. The molecule has 4 aliphatic rings. The number of nitrogens with two attached hydrogens (primary N) is 1. The molecule has 28 heavy (non-hydrogen) atoms. The van der Waals surface area contributed by atoms with Gasteiger partial charge in [0.2, 0.25) is 0 Å². The lowest BCUT2D eigenvalue weighted by Crippen LogP contribution is -2.48. The van der Waals surface area contributed by atoms with Gasteiger partial charge in [0, 0.05) is 36.5 Å². The Morgan fingerprint density at radius 1 is 1.07 bits per heavy atom. The first-order valence-electron chi connectivity index (χ1n) is 10.5. The van der Waals surface area contributed by atoms with Gasteiger partial charge in [0.05, 0.1) is 36.0 Å². The minimum atomic E-state index is 0.373. The highest BCUT2D eigenvalue weighted by atomic mass is 35.5. The van der Waals surface area contributed by atoms with Crippen molar-refractivity contribution >= 4 is 17.4 Å². The van der Waals surface area contributed by atoms with Crippen LogP contribution in [0.15, 0.2) is 18.3 Å². The molecule has 2 aliphatic carbocycles. The molecule has 0 unspecified atom stereocenters. The number of fused-ring (bicyclic) bond motifs is 1. The van der Waals surface area contributed by atoms with Crippen molar-refractivity contribution in [1.82, 2.24) is 19.7 Å². The zero-order valence-corrected chi connectivity index (χ0v) is 16.7. The van der Waals surface area contributed by atoms with Crippen molar-refractivity contribution in [3.05, 3.63) is 29.0 Å². The molecule has 0 amide bonds. The summed E-state index contributed by atoms with van der Waals surface area (Å²) in [5, 5.41) is 5.54. The number of pyridine rings is 1. The van der Waals surface area contributed by atoms with E-state index in [9.17, 15) is 0 Å². The number of hydrogen-bond acceptors (Lipinski definition) is 5. The molecule has 148 valence electrons. The Kier molecular flexibility index (Phi) is 3.97. The van der Waals surface area contributed by atoms with Crippen LogP contribution >= 0.6 is 11.6 Å². The Balaban J connectivity index is 1.30. The van der Waals surface area contributed by atoms with Crippen molar-refractivity contribution < 1.29 is 4.74 Å². The van der Waals surface area contributed by atoms with Crippen molar-refractivity contribution in [3.63, 3.8) is 0 Å². The predicted octanol–water partition coefficient (Wildman–Crippen LogP) is 3.34. The minimum absolute atomic E-state index is 0.373. The number of rotatable bonds is 4. The molecule has 2 aromatic rings. The largest absolute Gasteiger partial charge is 0.382 e. The molecule has 2 aliphatic heterocycles. The maximum atomic E-state index is 6.22. The Hall–Kier alpha value is -1.63. The van der Waals surface area contributed by atoms with E-state index in [1.54, 1.807) is 6.20 Å². The molecular weight excluding hydrogens is 374 g/mol. The van der Waals surface area contributed by atoms with Crippen LogP contribution in [0.2, 0.25) is 5.02 Å². The second-order valence-corrected chi connectivity index (χ2v) is 9.33. The molecule has 2 aromatic heterocycles. The number of nitrogen functional groups attached to an aromatic ring is 1. The van der Waals surface area contributed by atoms with Crippen LogP contribution in [0.3, 0.4) is 0 Å². The van der Waals surface area contributed by atoms with Crippen LogP contribution in [0.25, 0.3) is 11.3 Å². The maximum Gasteiger partial charge on any atom is 0.142 e. The quantitative estimate of drug-likeness (QED) is 0.853. The van der Waals surface area contributed by atoms with Gasteiger partial charge in [-0.2, -0.15) is 5.10 Å². The molecule has 0 spiro atoms. The van der Waals surface area contributed by atoms with E-state index in [-0.39, 0.29) is 0 Å². The third-order valence-electron chi connectivity index (χ3n) is 7.30. The lowest BCUT2D eigenvalue weighted by Gasteiger charge is -2.35. The van der Waals surface area contributed by atoms with Crippen LogP contribution < -0.4 is 5.73 Å². The molecule has 0 aromatic carbocycles. The van der Waals surface area contributed by atoms with E-state index in [1.165, 1.54) is 44.5 Å². The summed E-state index contributed by atoms with van der Waals surface area (Å²) in [5.41, 5.74) is 9.15. The molecule has 6 nitrogen and oxygen atoms in total. The average molecular weight is 400 g/mol. The SMILES string of the molecule is Nc1ncc(-c2cc([C@H]3[C@@H]4CN(C5COC5)C[C@@H]43)n(C3CCCC3)n2)cc1Cl. The molecule has 0 bridgehead atoms. The zero-order valence-electron chi connectivity index (χ0n) is 15.9. The van der Waals surface area contributed by atoms with Crippen LogP contribution in [0.4, 0.5) is 5.82 Å². The standard InChI is InChI=1S/C21H26ClN5O/c22-17-5-12(7-24-21(17)23)18-6-19(27(25-18)13-3-1-2-4-13)20-15-8-26(9-16(15)20)14-10-28-11-14/h5-7,13-16,20H,1-4,8-11H2,(H2,23,24)/t15-,16+,20+. The first kappa shape index (κ1) is 17.2. The Labute approximate surface area is 170 Å². The fourth-order valence-electron chi connectivity index (χ4n) is 5.56. The van der Waals surface area contributed by atoms with Gasteiger partial charge in [-0.3, -0.25) is 9.58 Å². The highest BCUT2D eigenvalue weighted by Gasteiger charge is 2.59. The van der Waals surface area contributed by atoms with Gasteiger partial charge in [0.1, 0.15) is 5.82 Å². The number of aromatic nitrogens is 3. The predicted molar refractivity (Wildman–Crippen MR) is 108 cm³/mol. The van der Waals surface area contributed by atoms with Gasteiger partial charge >= 0.3 is 0 Å². The summed E-state index contributed by atoms with van der Waals surface area (Å²) in [6.45, 7) is 4.26. The Morgan fingerprint density at radius 2 is 1.82 bits per heavy atom. The van der Waals surface area contributed by atoms with Crippen LogP contribution in [0.1, 0.15) is 43.3 Å². The Bertz CT molecular complexity index is 892. The number of halogens is 1. The summed E-state index contributed by atoms with van der Waals surface area (Å²) in [5.74, 6) is 2.57. The number of likely N-dealkylation sites (tertiary alicyclic amines) is 1. The molecule has 4 heterocycles. The fourth-order valence-corrected chi connectivity index (χ4v) is 5.73. The van der Waals surface area contributed by atoms with Crippen LogP contribution in [-0.4, -0.2) is 52.0 Å². The van der Waals surface area contributed by atoms with E-state index in [4.69, 9.17) is 27.2 Å². The molecule has 7 heteroatoms. The maximum absolute atomic E-state index is 6.22. The third kappa shape index (κ3) is 2.69. The van der Waals surface area contributed by atoms with Crippen LogP contribution in [-0.2, 0) is 4.74 Å². The molecule has 4 fully saturated rings. The van der Waals surface area contributed by atoms with E-state index >= 15 is 0 Å². The zero-order chi connectivity index (χ0) is 18.8. The monoisotopic (exact) mass is 399 g/mol. The highest BCUT2D eigenvalue weighted by molar-refractivity contribution is 6.33. The second kappa shape index (κ2) is 6.44. The van der Waals surface area contributed by atoms with Gasteiger partial charge < -0.3 is 10.5 Å². The molecule has 3 atom stereocenters. The summed E-state index contributed by atoms with van der Waals surface area (Å²) in [7, 11) is 0. The minimum Gasteiger partial charge on any atom is -0.382 e. The van der Waals surface area contributed by atoms with Crippen molar-refractivity contribution in [1.29, 1.82) is 0 Å². The number of hydrogen-bond donors (Lipinski definition) is 1. The highest BCUT2D eigenvalue weighted by Crippen LogP contribution is 2.59. The van der Waals surface area contributed by atoms with E-state index in [2.05, 4.69) is 20.6 Å². The summed E-state index contributed by atoms with van der Waals surface area (Å²) in [6.07, 6.45) is 6.88. The van der Waals surface area contributed by atoms with Gasteiger partial charge in [0.25, 0.3) is 0 Å². The summed E-state index contributed by atoms with van der Waals surface area (Å²) < 4.78 is 7.74. The average Bonchev–Trinajstić information content (AvgIpc) is 3.15. The van der Waals surface area contributed by atoms with Gasteiger partial charge in [-0.25, -0.2) is 4.98 Å². The van der Waals surface area contributed by atoms with Gasteiger partial charge in [-0.1, -0.05) is 24.4 Å². The number of nitrogens with zero attached hydrogens (tertiary/aromatic N) is 4. The van der Waals surface area contributed by atoms with Crippen molar-refractivity contribution in [2.45, 2.75) is 43.7 Å². The molecule has 2 saturated carbocycles. The first-order chi connectivity index (χ1) is 13.7. The first-order valence-corrected chi connectivity index (χ1v) is 10.9. The van der Waals surface area contributed by atoms with Crippen molar-refractivity contribution in [3.8, 4) is 11.3 Å². The van der Waals surface area contributed by atoms with Crippen molar-refractivity contribution in [2.75, 3.05) is 32.0 Å². The molecular formula is C21H26ClN5O. The van der Waals surface area contributed by atoms with Crippen LogP contribution in [0.5, 0.6) is 0 Å². The molecule has 0 radical (unpaired) electrons. The van der Waals surface area contributed by atoms with Crippen molar-refractivity contribution in [2.24, 2.45) is 11.8 Å². The molecule has 6 rings (SSSR count). The van der Waals surface area contributed by atoms with Gasteiger partial charge in [-0.05, 0) is 36.8 Å². The number of piperidine rings is 1. The van der Waals surface area contributed by atoms with E-state index < -0.39 is 0 Å². The molecule has 2 N–H and O–H groups in total. The van der Waals surface area contributed by atoms with Gasteiger partial charge in [0.15, 0.2) is 0 Å². The second-order valence-electron chi connectivity index (χ2n) is 8.93.